The van der Waals surface area contributed by atoms with Gasteiger partial charge in [-0.15, -0.1) is 0 Å². The fourth-order valence-electron chi connectivity index (χ4n) is 4.44. The van der Waals surface area contributed by atoms with Gasteiger partial charge in [0.15, 0.2) is 5.58 Å². The lowest BCUT2D eigenvalue weighted by Gasteiger charge is -2.32. The summed E-state index contributed by atoms with van der Waals surface area (Å²) >= 11 is 0. The van der Waals surface area contributed by atoms with E-state index in [0.717, 1.165) is 47.9 Å². The summed E-state index contributed by atoms with van der Waals surface area (Å²) in [5.41, 5.74) is 3.56. The van der Waals surface area contributed by atoms with Crippen molar-refractivity contribution in [1.29, 1.82) is 0 Å². The van der Waals surface area contributed by atoms with Crippen molar-refractivity contribution in [1.82, 2.24) is 10.3 Å². The molecule has 4 rings (SSSR count). The first-order chi connectivity index (χ1) is 16.5. The van der Waals surface area contributed by atoms with Crippen LogP contribution in [0.3, 0.4) is 0 Å². The number of hydrogen-bond acceptors (Lipinski definition) is 6. The SMILES string of the molecule is O=C(O)CC(CCNC1CCCCC1OCc1ccc(-c2nc3ccccc3o2)cc1)C(=O)O. The molecular formula is C26H30N2O6. The third-order valence-electron chi connectivity index (χ3n) is 6.33. The Hall–Kier alpha value is -3.23. The van der Waals surface area contributed by atoms with Crippen molar-refractivity contribution < 1.29 is 29.0 Å². The van der Waals surface area contributed by atoms with Crippen LogP contribution < -0.4 is 5.32 Å². The molecule has 0 spiro atoms. The minimum Gasteiger partial charge on any atom is -0.481 e. The number of rotatable bonds is 11. The van der Waals surface area contributed by atoms with E-state index in [0.29, 0.717) is 19.0 Å². The number of hydrogen-bond donors (Lipinski definition) is 3. The summed E-state index contributed by atoms with van der Waals surface area (Å²) in [7, 11) is 0. The van der Waals surface area contributed by atoms with E-state index in [1.54, 1.807) is 0 Å². The number of oxazole rings is 1. The van der Waals surface area contributed by atoms with Gasteiger partial charge in [-0.3, -0.25) is 9.59 Å². The largest absolute Gasteiger partial charge is 0.481 e. The maximum absolute atomic E-state index is 11.3. The molecule has 0 radical (unpaired) electrons. The molecule has 3 aromatic rings. The van der Waals surface area contributed by atoms with E-state index in [1.165, 1.54) is 0 Å². The van der Waals surface area contributed by atoms with Crippen molar-refractivity contribution in [3.63, 3.8) is 0 Å². The lowest BCUT2D eigenvalue weighted by Crippen LogP contribution is -2.44. The average molecular weight is 467 g/mol. The third kappa shape index (κ3) is 6.21. The molecule has 34 heavy (non-hydrogen) atoms. The molecule has 1 saturated carbocycles. The smallest absolute Gasteiger partial charge is 0.307 e. The van der Waals surface area contributed by atoms with Gasteiger partial charge in [-0.05, 0) is 55.6 Å². The number of carboxylic acids is 2. The second-order valence-corrected chi connectivity index (χ2v) is 8.80. The molecule has 3 unspecified atom stereocenters. The number of carbonyl (C=O) groups is 2. The minimum atomic E-state index is -1.09. The molecule has 1 aromatic heterocycles. The Bertz CT molecular complexity index is 1080. The summed E-state index contributed by atoms with van der Waals surface area (Å²) in [6, 6.07) is 15.8. The second kappa shape index (κ2) is 11.3. The molecule has 0 bridgehead atoms. The van der Waals surface area contributed by atoms with Crippen LogP contribution in [0.15, 0.2) is 52.9 Å². The van der Waals surface area contributed by atoms with Gasteiger partial charge < -0.3 is 24.7 Å². The van der Waals surface area contributed by atoms with Crippen LogP contribution >= 0.6 is 0 Å². The molecule has 3 atom stereocenters. The number of para-hydroxylation sites is 2. The fraction of sp³-hybridized carbons (Fsp3) is 0.423. The number of aromatic nitrogens is 1. The van der Waals surface area contributed by atoms with Gasteiger partial charge in [0.05, 0.1) is 25.0 Å². The number of carboxylic acid groups (broad SMARTS) is 2. The molecule has 2 aromatic carbocycles. The molecule has 8 nitrogen and oxygen atoms in total. The summed E-state index contributed by atoms with van der Waals surface area (Å²) in [5, 5.41) is 21.5. The predicted molar refractivity (Wildman–Crippen MR) is 126 cm³/mol. The predicted octanol–water partition coefficient (Wildman–Crippen LogP) is 4.48. The van der Waals surface area contributed by atoms with Crippen molar-refractivity contribution in [3.8, 4) is 11.5 Å². The van der Waals surface area contributed by atoms with Crippen LogP contribution in [0.4, 0.5) is 0 Å². The molecule has 0 aliphatic heterocycles. The number of aliphatic carboxylic acids is 2. The lowest BCUT2D eigenvalue weighted by molar-refractivity contribution is -0.148. The summed E-state index contributed by atoms with van der Waals surface area (Å²) in [6.45, 7) is 0.932. The molecule has 0 amide bonds. The van der Waals surface area contributed by atoms with Crippen LogP contribution in [-0.2, 0) is 20.9 Å². The Labute approximate surface area is 197 Å². The zero-order valence-corrected chi connectivity index (χ0v) is 19.0. The number of fused-ring (bicyclic) bond motifs is 1. The molecule has 3 N–H and O–H groups in total. The molecule has 1 heterocycles. The Kier molecular flexibility index (Phi) is 7.92. The Morgan fingerprint density at radius 1 is 1.09 bits per heavy atom. The van der Waals surface area contributed by atoms with Crippen molar-refractivity contribution in [3.05, 3.63) is 54.1 Å². The quantitative estimate of drug-likeness (QED) is 0.378. The topological polar surface area (TPSA) is 122 Å². The van der Waals surface area contributed by atoms with Gasteiger partial charge in [0.1, 0.15) is 5.52 Å². The van der Waals surface area contributed by atoms with Crippen LogP contribution in [-0.4, -0.2) is 45.8 Å². The van der Waals surface area contributed by atoms with Crippen LogP contribution in [0.5, 0.6) is 0 Å². The fourth-order valence-corrected chi connectivity index (χ4v) is 4.44. The molecule has 1 aliphatic carbocycles. The monoisotopic (exact) mass is 466 g/mol. The van der Waals surface area contributed by atoms with Gasteiger partial charge in [-0.2, -0.15) is 0 Å². The first-order valence-corrected chi connectivity index (χ1v) is 11.7. The highest BCUT2D eigenvalue weighted by Crippen LogP contribution is 2.26. The molecule has 1 fully saturated rings. The Balaban J connectivity index is 1.29. The first-order valence-electron chi connectivity index (χ1n) is 11.7. The normalized spacial score (nSPS) is 19.2. The number of ether oxygens (including phenoxy) is 1. The molecule has 8 heteroatoms. The van der Waals surface area contributed by atoms with E-state index >= 15 is 0 Å². The number of nitrogens with zero attached hydrogens (tertiary/aromatic N) is 1. The summed E-state index contributed by atoms with van der Waals surface area (Å²) in [6.07, 6.45) is 4.04. The van der Waals surface area contributed by atoms with Gasteiger partial charge in [-0.25, -0.2) is 4.98 Å². The zero-order valence-electron chi connectivity index (χ0n) is 19.0. The highest BCUT2D eigenvalue weighted by Gasteiger charge is 2.27. The number of nitrogens with one attached hydrogen (secondary N) is 1. The van der Waals surface area contributed by atoms with Crippen LogP contribution in [0.1, 0.15) is 44.1 Å². The van der Waals surface area contributed by atoms with Crippen molar-refractivity contribution in [2.45, 2.75) is 57.3 Å². The number of benzene rings is 2. The van der Waals surface area contributed by atoms with E-state index in [9.17, 15) is 14.7 Å². The van der Waals surface area contributed by atoms with Crippen molar-refractivity contribution in [2.24, 2.45) is 5.92 Å². The molecular weight excluding hydrogens is 436 g/mol. The van der Waals surface area contributed by atoms with Crippen LogP contribution in [0.25, 0.3) is 22.6 Å². The van der Waals surface area contributed by atoms with Crippen molar-refractivity contribution >= 4 is 23.0 Å². The van der Waals surface area contributed by atoms with E-state index < -0.39 is 17.9 Å². The minimum absolute atomic E-state index is 0.0354. The van der Waals surface area contributed by atoms with Crippen LogP contribution in [0, 0.1) is 5.92 Å². The zero-order chi connectivity index (χ0) is 23.9. The Morgan fingerprint density at radius 3 is 2.59 bits per heavy atom. The van der Waals surface area contributed by atoms with E-state index in [-0.39, 0.29) is 25.0 Å². The highest BCUT2D eigenvalue weighted by atomic mass is 16.5. The van der Waals surface area contributed by atoms with E-state index in [1.807, 2.05) is 48.5 Å². The summed E-state index contributed by atoms with van der Waals surface area (Å²) < 4.78 is 12.1. The standard InChI is InChI=1S/C26H30N2O6/c29-24(30)15-19(26(31)32)13-14-27-20-5-1-3-7-22(20)33-16-17-9-11-18(12-10-17)25-28-21-6-2-4-8-23(21)34-25/h2,4,6,8-12,19-20,22,27H,1,3,5,7,13-16H2,(H,29,30)(H,31,32). The third-order valence-corrected chi connectivity index (χ3v) is 6.33. The van der Waals surface area contributed by atoms with Crippen LogP contribution in [0.2, 0.25) is 0 Å². The van der Waals surface area contributed by atoms with Gasteiger partial charge in [0.2, 0.25) is 5.89 Å². The maximum atomic E-state index is 11.3. The van der Waals surface area contributed by atoms with Gasteiger partial charge in [-0.1, -0.05) is 37.1 Å². The second-order valence-electron chi connectivity index (χ2n) is 8.80. The summed E-state index contributed by atoms with van der Waals surface area (Å²) in [4.78, 5) is 26.7. The maximum Gasteiger partial charge on any atom is 0.307 e. The highest BCUT2D eigenvalue weighted by molar-refractivity contribution is 5.77. The van der Waals surface area contributed by atoms with Gasteiger partial charge in [0, 0.05) is 11.6 Å². The molecule has 180 valence electrons. The van der Waals surface area contributed by atoms with Gasteiger partial charge in [0.25, 0.3) is 0 Å². The summed E-state index contributed by atoms with van der Waals surface area (Å²) in [5.74, 6) is -2.45. The Morgan fingerprint density at radius 2 is 1.85 bits per heavy atom. The van der Waals surface area contributed by atoms with Gasteiger partial charge >= 0.3 is 11.9 Å². The van der Waals surface area contributed by atoms with E-state index in [2.05, 4.69) is 10.3 Å². The molecule has 0 saturated heterocycles. The van der Waals surface area contributed by atoms with E-state index in [4.69, 9.17) is 14.3 Å². The average Bonchev–Trinajstić information content (AvgIpc) is 3.27. The molecule has 1 aliphatic rings. The first kappa shape index (κ1) is 23.9. The van der Waals surface area contributed by atoms with Crippen molar-refractivity contribution in [2.75, 3.05) is 6.54 Å². The lowest BCUT2D eigenvalue weighted by atomic mass is 9.92.